The van der Waals surface area contributed by atoms with Gasteiger partial charge < -0.3 is 69.8 Å². The van der Waals surface area contributed by atoms with Crippen molar-refractivity contribution in [2.45, 2.75) is 77.0 Å². The average Bonchev–Trinajstić information content (AvgIpc) is 4.07. The van der Waals surface area contributed by atoms with E-state index in [1.165, 1.54) is 116 Å². The Hall–Kier alpha value is -0.560. The average molecular weight is 765 g/mol. The number of rotatable bonds is 0. The van der Waals surface area contributed by atoms with Crippen LogP contribution in [0.15, 0.2) is 0 Å². The molecule has 0 atom stereocenters. The maximum Gasteiger partial charge on any atom is 0.146 e. The fraction of sp³-hybridized carbons (Fsp3) is 1.00. The highest BCUT2D eigenvalue weighted by Gasteiger charge is 1.98. The summed E-state index contributed by atoms with van der Waals surface area (Å²) in [5.41, 5.74) is 0. The fourth-order valence-electron chi connectivity index (χ4n) is 4.80. The van der Waals surface area contributed by atoms with Crippen LogP contribution in [0.25, 0.3) is 0 Å². The van der Waals surface area contributed by atoms with Crippen LogP contribution in [-0.4, -0.2) is 178 Å². The van der Waals surface area contributed by atoms with Gasteiger partial charge >= 0.3 is 0 Å². The third kappa shape index (κ3) is 45.7. The Morgan fingerprint density at radius 1 is 0.170 bits per heavy atom. The number of morpholine rings is 1. The monoisotopic (exact) mass is 765 g/mol. The Labute approximate surface area is 324 Å². The molecule has 0 aromatic heterocycles. The normalized spacial score (nSPS) is 24.0. The van der Waals surface area contributed by atoms with Gasteiger partial charge in [0.15, 0.2) is 0 Å². The van der Waals surface area contributed by atoms with Gasteiger partial charge in [-0.3, -0.25) is 0 Å². The van der Waals surface area contributed by atoms with E-state index in [1.54, 1.807) is 0 Å². The minimum Gasteiger partial charge on any atom is -0.381 e. The van der Waals surface area contributed by atoms with Crippen LogP contribution in [0.2, 0.25) is 0 Å². The highest BCUT2D eigenvalue weighted by molar-refractivity contribution is 4.59. The Morgan fingerprint density at radius 2 is 0.434 bits per heavy atom. The second-order valence-corrected chi connectivity index (χ2v) is 13.4. The van der Waals surface area contributed by atoms with Gasteiger partial charge in [0, 0.05) is 78.9 Å². The molecule has 0 spiro atoms. The summed E-state index contributed by atoms with van der Waals surface area (Å²) >= 11 is 0. The summed E-state index contributed by atoms with van der Waals surface area (Å²) < 4.78 is 39.1. The first-order valence-corrected chi connectivity index (χ1v) is 21.4. The summed E-state index contributed by atoms with van der Waals surface area (Å²) in [6.45, 7) is 27.1. The molecule has 10 rings (SSSR count). The molecule has 14 heteroatoms. The smallest absolute Gasteiger partial charge is 0.146 e. The number of ether oxygens (including phenoxy) is 8. The standard InChI is InChI=1S/C5H11N.C5H10O.C4H10N2.C4H9NO.C4H9N.C4H8O2.C4H8O.C3H7N.C3H6O2.C3H6O/c2*1-2-4-6-5-3-1;1-2-6-4-3-5-1;1-3-6-4-2-5-1;1-2-4-5-3-1;1-2-6-4-3-5-1;1-2-4-5-3-1;1-2-4-3-1;1-2-5-3-4-1;1-2-4-3-1/h6H,1-5H2;1-5H2;5-6H,1-4H2;5H,1-4H2;5H,1-4H2;1-4H2;1-4H2;4H,1-3H2;1-3H2;1-3H2. The lowest BCUT2D eigenvalue weighted by atomic mass is 10.2. The predicted octanol–water partition coefficient (Wildman–Crippen LogP) is 2.31. The van der Waals surface area contributed by atoms with Gasteiger partial charge in [-0.15, -0.1) is 0 Å². The van der Waals surface area contributed by atoms with Gasteiger partial charge in [0.2, 0.25) is 0 Å². The minimum absolute atomic E-state index is 0.500. The molecular weight excluding hydrogens is 680 g/mol. The maximum absolute atomic E-state index is 5.07. The molecule has 6 N–H and O–H groups in total. The Bertz CT molecular complexity index is 435. The summed E-state index contributed by atoms with van der Waals surface area (Å²) in [5.74, 6) is 0. The van der Waals surface area contributed by atoms with Gasteiger partial charge in [0.1, 0.15) is 6.79 Å². The first-order chi connectivity index (χ1) is 26.5. The molecular formula is C39H84N6O8. The molecule has 10 fully saturated rings. The highest BCUT2D eigenvalue weighted by atomic mass is 16.7. The Balaban J connectivity index is 0.000000295. The van der Waals surface area contributed by atoms with E-state index in [0.29, 0.717) is 6.79 Å². The SMILES string of the molecule is C1CCNC1.C1CCNCC1.C1CCOC1.C1CCOCC1.C1CNC1.C1CNCCN1.C1COC1.C1COCCN1.C1COCCO1.C1COCO1. The number of nitrogens with one attached hydrogen (secondary N) is 6. The van der Waals surface area contributed by atoms with Crippen molar-refractivity contribution in [3.05, 3.63) is 0 Å². The van der Waals surface area contributed by atoms with Crippen molar-refractivity contribution in [2.75, 3.05) is 178 Å². The molecule has 10 heterocycles. The molecule has 10 aliphatic rings. The number of hydrogen-bond acceptors (Lipinski definition) is 14. The van der Waals surface area contributed by atoms with E-state index in [9.17, 15) is 0 Å². The van der Waals surface area contributed by atoms with Gasteiger partial charge in [-0.1, -0.05) is 6.42 Å². The van der Waals surface area contributed by atoms with Crippen LogP contribution in [0.5, 0.6) is 0 Å². The summed E-state index contributed by atoms with van der Waals surface area (Å²) in [4.78, 5) is 0. The molecule has 0 unspecified atom stereocenters. The molecule has 0 saturated carbocycles. The summed E-state index contributed by atoms with van der Waals surface area (Å²) in [6.07, 6.45) is 16.1. The maximum atomic E-state index is 5.07. The molecule has 10 aliphatic heterocycles. The number of piperidine rings is 1. The molecule has 0 aromatic rings. The van der Waals surface area contributed by atoms with Gasteiger partial charge in [-0.05, 0) is 110 Å². The minimum atomic E-state index is 0.500. The van der Waals surface area contributed by atoms with Crippen molar-refractivity contribution in [1.82, 2.24) is 31.9 Å². The van der Waals surface area contributed by atoms with Gasteiger partial charge in [0.25, 0.3) is 0 Å². The van der Waals surface area contributed by atoms with Crippen molar-refractivity contribution >= 4 is 0 Å². The summed E-state index contributed by atoms with van der Waals surface area (Å²) in [5, 5.41) is 19.2. The van der Waals surface area contributed by atoms with Crippen LogP contribution < -0.4 is 31.9 Å². The molecule has 0 bridgehead atoms. The van der Waals surface area contributed by atoms with Crippen LogP contribution in [-0.2, 0) is 37.9 Å². The molecule has 0 aromatic carbocycles. The van der Waals surface area contributed by atoms with E-state index in [0.717, 1.165) is 132 Å². The lowest BCUT2D eigenvalue weighted by molar-refractivity contribution is -0.0334. The van der Waals surface area contributed by atoms with Gasteiger partial charge in [-0.25, -0.2) is 0 Å². The third-order valence-corrected chi connectivity index (χ3v) is 8.44. The van der Waals surface area contributed by atoms with Gasteiger partial charge in [-0.2, -0.15) is 0 Å². The molecule has 10 saturated heterocycles. The highest BCUT2D eigenvalue weighted by Crippen LogP contribution is 2.02. The lowest BCUT2D eigenvalue weighted by Gasteiger charge is -2.11. The van der Waals surface area contributed by atoms with E-state index >= 15 is 0 Å². The van der Waals surface area contributed by atoms with Crippen molar-refractivity contribution < 1.29 is 37.9 Å². The van der Waals surface area contributed by atoms with E-state index in [4.69, 9.17) is 37.9 Å². The van der Waals surface area contributed by atoms with Gasteiger partial charge in [0.05, 0.1) is 52.9 Å². The molecule has 14 nitrogen and oxygen atoms in total. The number of hydrogen-bond donors (Lipinski definition) is 6. The largest absolute Gasteiger partial charge is 0.381 e. The molecule has 0 amide bonds. The van der Waals surface area contributed by atoms with E-state index in [2.05, 4.69) is 31.9 Å². The van der Waals surface area contributed by atoms with Crippen LogP contribution in [0.4, 0.5) is 0 Å². The second kappa shape index (κ2) is 47.6. The quantitative estimate of drug-likeness (QED) is 0.215. The van der Waals surface area contributed by atoms with Crippen LogP contribution in [0.1, 0.15) is 77.0 Å². The summed E-state index contributed by atoms with van der Waals surface area (Å²) in [6, 6.07) is 0. The third-order valence-electron chi connectivity index (χ3n) is 8.44. The van der Waals surface area contributed by atoms with E-state index in [1.807, 2.05) is 0 Å². The first kappa shape index (κ1) is 50.5. The zero-order chi connectivity index (χ0) is 37.5. The lowest BCUT2D eigenvalue weighted by Crippen LogP contribution is -2.39. The molecule has 0 aliphatic carbocycles. The number of piperazine rings is 1. The second-order valence-electron chi connectivity index (χ2n) is 13.4. The molecule has 318 valence electrons. The topological polar surface area (TPSA) is 146 Å². The Kier molecular flexibility index (Phi) is 45.3. The predicted molar refractivity (Wildman–Crippen MR) is 214 cm³/mol. The first-order valence-electron chi connectivity index (χ1n) is 21.4. The van der Waals surface area contributed by atoms with E-state index in [-0.39, 0.29) is 0 Å². The summed E-state index contributed by atoms with van der Waals surface area (Å²) in [7, 11) is 0. The zero-order valence-electron chi connectivity index (χ0n) is 33.8. The van der Waals surface area contributed by atoms with Crippen LogP contribution in [0.3, 0.4) is 0 Å². The van der Waals surface area contributed by atoms with Crippen molar-refractivity contribution in [3.63, 3.8) is 0 Å². The van der Waals surface area contributed by atoms with Crippen molar-refractivity contribution in [2.24, 2.45) is 0 Å². The van der Waals surface area contributed by atoms with E-state index < -0.39 is 0 Å². The van der Waals surface area contributed by atoms with Crippen LogP contribution >= 0.6 is 0 Å². The molecule has 53 heavy (non-hydrogen) atoms. The van der Waals surface area contributed by atoms with Crippen LogP contribution in [0, 0.1) is 0 Å². The Morgan fingerprint density at radius 3 is 0.585 bits per heavy atom. The van der Waals surface area contributed by atoms with Crippen molar-refractivity contribution in [3.8, 4) is 0 Å². The fourth-order valence-corrected chi connectivity index (χ4v) is 4.80. The molecule has 0 radical (unpaired) electrons. The van der Waals surface area contributed by atoms with Crippen molar-refractivity contribution in [1.29, 1.82) is 0 Å². The zero-order valence-corrected chi connectivity index (χ0v) is 33.8.